The number of nitrogens with two attached hydrogens (primary N) is 1. The van der Waals surface area contributed by atoms with E-state index in [4.69, 9.17) is 5.14 Å². The molecule has 1 aromatic heterocycles. The highest BCUT2D eigenvalue weighted by atomic mass is 32.2. The van der Waals surface area contributed by atoms with Gasteiger partial charge in [0.15, 0.2) is 0 Å². The van der Waals surface area contributed by atoms with Crippen LogP contribution in [0.2, 0.25) is 0 Å². The molecule has 0 atom stereocenters. The van der Waals surface area contributed by atoms with Crippen LogP contribution in [0.5, 0.6) is 0 Å². The Hall–Kier alpha value is -1.47. The van der Waals surface area contributed by atoms with Crippen molar-refractivity contribution in [2.75, 3.05) is 12.3 Å². The maximum atomic E-state index is 11.6. The van der Waals surface area contributed by atoms with Gasteiger partial charge in [0.05, 0.1) is 5.75 Å². The Balaban J connectivity index is 2.44. The smallest absolute Gasteiger partial charge is 0.270 e. The molecule has 3 N–H and O–H groups in total. The lowest BCUT2D eigenvalue weighted by molar-refractivity contribution is 0.0948. The van der Waals surface area contributed by atoms with E-state index in [1.54, 1.807) is 19.1 Å². The largest absolute Gasteiger partial charge is 0.351 e. The SMILES string of the molecule is Cc1cccnc1C(=O)NCCCS(N)(=O)=O. The molecule has 7 heteroatoms. The van der Waals surface area contributed by atoms with Gasteiger partial charge in [-0.2, -0.15) is 0 Å². The maximum absolute atomic E-state index is 11.6. The number of aromatic nitrogens is 1. The lowest BCUT2D eigenvalue weighted by atomic mass is 10.2. The summed E-state index contributed by atoms with van der Waals surface area (Å²) >= 11 is 0. The average molecular weight is 257 g/mol. The van der Waals surface area contributed by atoms with Crippen LogP contribution < -0.4 is 10.5 Å². The molecule has 1 rings (SSSR count). The van der Waals surface area contributed by atoms with E-state index in [1.165, 1.54) is 6.20 Å². The summed E-state index contributed by atoms with van der Waals surface area (Å²) in [5, 5.41) is 7.43. The fraction of sp³-hybridized carbons (Fsp3) is 0.400. The van der Waals surface area contributed by atoms with Gasteiger partial charge in [-0.3, -0.25) is 9.78 Å². The molecule has 17 heavy (non-hydrogen) atoms. The zero-order valence-electron chi connectivity index (χ0n) is 9.51. The molecule has 0 saturated carbocycles. The highest BCUT2D eigenvalue weighted by molar-refractivity contribution is 7.89. The first-order valence-electron chi connectivity index (χ1n) is 5.10. The van der Waals surface area contributed by atoms with Crippen molar-refractivity contribution in [3.63, 3.8) is 0 Å². The molecule has 6 nitrogen and oxygen atoms in total. The Kier molecular flexibility index (Phi) is 4.59. The van der Waals surface area contributed by atoms with Crippen LogP contribution in [0.15, 0.2) is 18.3 Å². The predicted molar refractivity (Wildman–Crippen MR) is 63.9 cm³/mol. The molecule has 0 aliphatic rings. The summed E-state index contributed by atoms with van der Waals surface area (Å²) in [5.41, 5.74) is 1.12. The van der Waals surface area contributed by atoms with E-state index in [2.05, 4.69) is 10.3 Å². The van der Waals surface area contributed by atoms with Crippen molar-refractivity contribution in [3.8, 4) is 0 Å². The van der Waals surface area contributed by atoms with Crippen LogP contribution in [0.3, 0.4) is 0 Å². The van der Waals surface area contributed by atoms with Crippen LogP contribution >= 0.6 is 0 Å². The number of carbonyl (C=O) groups is 1. The summed E-state index contributed by atoms with van der Waals surface area (Å²) in [5.74, 6) is -0.452. The summed E-state index contributed by atoms with van der Waals surface area (Å²) in [7, 11) is -3.46. The highest BCUT2D eigenvalue weighted by Gasteiger charge is 2.09. The Labute approximate surface area is 100 Å². The molecule has 1 heterocycles. The predicted octanol–water partition coefficient (Wildman–Crippen LogP) is -0.202. The summed E-state index contributed by atoms with van der Waals surface area (Å²) < 4.78 is 21.3. The summed E-state index contributed by atoms with van der Waals surface area (Å²) in [6, 6.07) is 3.53. The van der Waals surface area contributed by atoms with Gasteiger partial charge in [0.25, 0.3) is 5.91 Å². The number of rotatable bonds is 5. The minimum Gasteiger partial charge on any atom is -0.351 e. The van der Waals surface area contributed by atoms with Crippen LogP contribution in [0.1, 0.15) is 22.5 Å². The van der Waals surface area contributed by atoms with Crippen molar-refractivity contribution < 1.29 is 13.2 Å². The van der Waals surface area contributed by atoms with Crippen LogP contribution in [0, 0.1) is 6.92 Å². The fourth-order valence-electron chi connectivity index (χ4n) is 1.28. The second kappa shape index (κ2) is 5.74. The molecule has 1 amide bonds. The van der Waals surface area contributed by atoms with Gasteiger partial charge in [0, 0.05) is 12.7 Å². The number of pyridine rings is 1. The molecule has 0 aliphatic carbocycles. The van der Waals surface area contributed by atoms with Crippen LogP contribution in [0.4, 0.5) is 0 Å². The zero-order valence-corrected chi connectivity index (χ0v) is 10.3. The van der Waals surface area contributed by atoms with E-state index >= 15 is 0 Å². The maximum Gasteiger partial charge on any atom is 0.270 e. The number of sulfonamides is 1. The number of nitrogens with zero attached hydrogens (tertiary/aromatic N) is 1. The van der Waals surface area contributed by atoms with Crippen molar-refractivity contribution >= 4 is 15.9 Å². The van der Waals surface area contributed by atoms with Crippen molar-refractivity contribution in [3.05, 3.63) is 29.6 Å². The highest BCUT2D eigenvalue weighted by Crippen LogP contribution is 2.02. The van der Waals surface area contributed by atoms with E-state index in [0.717, 1.165) is 5.56 Å². The molecular weight excluding hydrogens is 242 g/mol. The molecule has 0 radical (unpaired) electrons. The van der Waals surface area contributed by atoms with Crippen molar-refractivity contribution in [2.45, 2.75) is 13.3 Å². The number of nitrogens with one attached hydrogen (secondary N) is 1. The fourth-order valence-corrected chi connectivity index (χ4v) is 1.83. The number of amides is 1. The van der Waals surface area contributed by atoms with Crippen molar-refractivity contribution in [1.29, 1.82) is 0 Å². The molecule has 94 valence electrons. The van der Waals surface area contributed by atoms with Gasteiger partial charge in [0.2, 0.25) is 10.0 Å². The van der Waals surface area contributed by atoms with Crippen molar-refractivity contribution in [1.82, 2.24) is 10.3 Å². The number of primary sulfonamides is 1. The van der Waals surface area contributed by atoms with Gasteiger partial charge in [-0.15, -0.1) is 0 Å². The van der Waals surface area contributed by atoms with E-state index < -0.39 is 10.0 Å². The molecule has 0 aliphatic heterocycles. The molecule has 0 fully saturated rings. The van der Waals surface area contributed by atoms with Gasteiger partial charge in [-0.1, -0.05) is 6.07 Å². The Bertz CT molecular complexity index is 499. The molecule has 0 aromatic carbocycles. The van der Waals surface area contributed by atoms with E-state index in [-0.39, 0.29) is 24.6 Å². The summed E-state index contributed by atoms with van der Waals surface area (Å²) in [4.78, 5) is 15.6. The van der Waals surface area contributed by atoms with Gasteiger partial charge in [0.1, 0.15) is 5.69 Å². The summed E-state index contributed by atoms with van der Waals surface area (Å²) in [6.45, 7) is 2.04. The summed E-state index contributed by atoms with van der Waals surface area (Å²) in [6.07, 6.45) is 1.82. The zero-order chi connectivity index (χ0) is 12.9. The first kappa shape index (κ1) is 13.6. The first-order valence-corrected chi connectivity index (χ1v) is 6.82. The van der Waals surface area contributed by atoms with Crippen LogP contribution in [0.25, 0.3) is 0 Å². The van der Waals surface area contributed by atoms with E-state index in [9.17, 15) is 13.2 Å². The topological polar surface area (TPSA) is 102 Å². The van der Waals surface area contributed by atoms with Gasteiger partial charge in [-0.05, 0) is 25.0 Å². The average Bonchev–Trinajstić information content (AvgIpc) is 2.23. The molecular formula is C10H15N3O3S. The molecule has 1 aromatic rings. The number of hydrogen-bond donors (Lipinski definition) is 2. The Morgan fingerprint density at radius 2 is 2.24 bits per heavy atom. The molecule has 0 bridgehead atoms. The second-order valence-corrected chi connectivity index (χ2v) is 5.38. The number of hydrogen-bond acceptors (Lipinski definition) is 4. The van der Waals surface area contributed by atoms with E-state index in [1.807, 2.05) is 0 Å². The third-order valence-corrected chi connectivity index (χ3v) is 2.97. The van der Waals surface area contributed by atoms with Crippen molar-refractivity contribution in [2.24, 2.45) is 5.14 Å². The second-order valence-electron chi connectivity index (χ2n) is 3.65. The Morgan fingerprint density at radius 1 is 1.53 bits per heavy atom. The standard InChI is InChI=1S/C10H15N3O3S/c1-8-4-2-5-12-9(8)10(14)13-6-3-7-17(11,15)16/h2,4-5H,3,6-7H2,1H3,(H,13,14)(H2,11,15,16). The lowest BCUT2D eigenvalue weighted by Gasteiger charge is -2.05. The molecule has 0 unspecified atom stereocenters. The normalized spacial score (nSPS) is 11.2. The first-order chi connectivity index (χ1) is 7.90. The van der Waals surface area contributed by atoms with Gasteiger partial charge >= 0.3 is 0 Å². The van der Waals surface area contributed by atoms with Crippen LogP contribution in [-0.2, 0) is 10.0 Å². The molecule has 0 spiro atoms. The van der Waals surface area contributed by atoms with Gasteiger partial charge < -0.3 is 5.32 Å². The third kappa shape index (κ3) is 4.92. The minimum absolute atomic E-state index is 0.144. The molecule has 0 saturated heterocycles. The monoisotopic (exact) mass is 257 g/mol. The van der Waals surface area contributed by atoms with E-state index in [0.29, 0.717) is 5.69 Å². The van der Waals surface area contributed by atoms with Crippen LogP contribution in [-0.4, -0.2) is 31.6 Å². The minimum atomic E-state index is -3.46. The Morgan fingerprint density at radius 3 is 2.82 bits per heavy atom. The number of aryl methyl sites for hydroxylation is 1. The number of carbonyl (C=O) groups excluding carboxylic acids is 1. The quantitative estimate of drug-likeness (QED) is 0.713. The lowest BCUT2D eigenvalue weighted by Crippen LogP contribution is -2.28. The van der Waals surface area contributed by atoms with Gasteiger partial charge in [-0.25, -0.2) is 13.6 Å². The third-order valence-electron chi connectivity index (χ3n) is 2.12.